The van der Waals surface area contributed by atoms with Gasteiger partial charge in [-0.05, 0) is 35.9 Å². The summed E-state index contributed by atoms with van der Waals surface area (Å²) in [7, 11) is 0. The average Bonchev–Trinajstić information content (AvgIpc) is 3.23. The summed E-state index contributed by atoms with van der Waals surface area (Å²) in [6.07, 6.45) is 5.35. The van der Waals surface area contributed by atoms with Crippen molar-refractivity contribution in [1.29, 1.82) is 0 Å². The molecule has 0 bridgehead atoms. The molecular formula is C17H14N4O. The van der Waals surface area contributed by atoms with Gasteiger partial charge in [0.25, 0.3) is 5.91 Å². The second kappa shape index (κ2) is 5.11. The van der Waals surface area contributed by atoms with Gasteiger partial charge in [0, 0.05) is 30.7 Å². The minimum absolute atomic E-state index is 0.0204. The van der Waals surface area contributed by atoms with Crippen LogP contribution in [0.15, 0.2) is 61.1 Å². The first-order valence-electron chi connectivity index (χ1n) is 7.13. The van der Waals surface area contributed by atoms with Crippen molar-refractivity contribution in [1.82, 2.24) is 19.7 Å². The van der Waals surface area contributed by atoms with Crippen LogP contribution in [0.2, 0.25) is 0 Å². The van der Waals surface area contributed by atoms with E-state index in [0.717, 1.165) is 16.9 Å². The summed E-state index contributed by atoms with van der Waals surface area (Å²) in [5, 5.41) is 4.20. The van der Waals surface area contributed by atoms with Gasteiger partial charge in [0.05, 0.1) is 17.9 Å². The van der Waals surface area contributed by atoms with E-state index in [-0.39, 0.29) is 5.91 Å². The third-order valence-electron chi connectivity index (χ3n) is 3.84. The molecule has 0 fully saturated rings. The standard InChI is InChI=1S/C17H14N4O/c22-17(20-11-14-5-2-7-18-16(14)12-20)13-4-1-6-15(10-13)21-9-3-8-19-21/h1-10H,11-12H2. The Morgan fingerprint density at radius 2 is 2.00 bits per heavy atom. The summed E-state index contributed by atoms with van der Waals surface area (Å²) in [5.41, 5.74) is 3.66. The molecule has 0 saturated heterocycles. The van der Waals surface area contributed by atoms with Crippen LogP contribution in [0.4, 0.5) is 0 Å². The van der Waals surface area contributed by atoms with Crippen molar-refractivity contribution in [3.8, 4) is 5.69 Å². The van der Waals surface area contributed by atoms with Gasteiger partial charge in [-0.15, -0.1) is 0 Å². The van der Waals surface area contributed by atoms with Crippen molar-refractivity contribution >= 4 is 5.91 Å². The van der Waals surface area contributed by atoms with Crippen LogP contribution in [0.25, 0.3) is 5.69 Å². The molecule has 22 heavy (non-hydrogen) atoms. The Morgan fingerprint density at radius 3 is 2.82 bits per heavy atom. The first kappa shape index (κ1) is 12.8. The maximum absolute atomic E-state index is 12.7. The molecule has 0 saturated carbocycles. The molecule has 4 rings (SSSR count). The lowest BCUT2D eigenvalue weighted by Crippen LogP contribution is -2.25. The van der Waals surface area contributed by atoms with Crippen LogP contribution in [0, 0.1) is 0 Å². The number of amides is 1. The van der Waals surface area contributed by atoms with Crippen molar-refractivity contribution in [2.24, 2.45) is 0 Å². The first-order valence-corrected chi connectivity index (χ1v) is 7.13. The van der Waals surface area contributed by atoms with E-state index in [9.17, 15) is 4.79 Å². The molecule has 0 unspecified atom stereocenters. The summed E-state index contributed by atoms with van der Waals surface area (Å²) in [6, 6.07) is 13.3. The Hall–Kier alpha value is -2.95. The fraction of sp³-hybridized carbons (Fsp3) is 0.118. The van der Waals surface area contributed by atoms with Crippen molar-refractivity contribution in [3.05, 3.63) is 77.9 Å². The summed E-state index contributed by atoms with van der Waals surface area (Å²) < 4.78 is 1.75. The molecule has 1 aliphatic heterocycles. The maximum Gasteiger partial charge on any atom is 0.254 e. The van der Waals surface area contributed by atoms with Gasteiger partial charge in [-0.25, -0.2) is 4.68 Å². The monoisotopic (exact) mass is 290 g/mol. The number of benzene rings is 1. The Kier molecular flexibility index (Phi) is 2.96. The lowest BCUT2D eigenvalue weighted by Gasteiger charge is -2.15. The Morgan fingerprint density at radius 1 is 1.05 bits per heavy atom. The molecule has 5 heteroatoms. The van der Waals surface area contributed by atoms with Crippen molar-refractivity contribution < 1.29 is 4.79 Å². The highest BCUT2D eigenvalue weighted by Gasteiger charge is 2.25. The highest BCUT2D eigenvalue weighted by atomic mass is 16.2. The largest absolute Gasteiger partial charge is 0.328 e. The molecule has 108 valence electrons. The number of carbonyl (C=O) groups is 1. The topological polar surface area (TPSA) is 51.0 Å². The van der Waals surface area contributed by atoms with Crippen LogP contribution >= 0.6 is 0 Å². The van der Waals surface area contributed by atoms with Crippen molar-refractivity contribution in [2.45, 2.75) is 13.1 Å². The molecule has 0 aliphatic carbocycles. The zero-order valence-electron chi connectivity index (χ0n) is 11.9. The molecule has 0 atom stereocenters. The zero-order chi connectivity index (χ0) is 14.9. The summed E-state index contributed by atoms with van der Waals surface area (Å²) in [6.45, 7) is 1.19. The van der Waals surface area contributed by atoms with Crippen molar-refractivity contribution in [3.63, 3.8) is 0 Å². The van der Waals surface area contributed by atoms with E-state index in [0.29, 0.717) is 18.7 Å². The Labute approximate surface area is 127 Å². The normalized spacial score (nSPS) is 13.2. The van der Waals surface area contributed by atoms with Gasteiger partial charge in [0.1, 0.15) is 0 Å². The highest BCUT2D eigenvalue weighted by Crippen LogP contribution is 2.22. The molecule has 3 heterocycles. The molecule has 1 aliphatic rings. The third-order valence-corrected chi connectivity index (χ3v) is 3.84. The summed E-state index contributed by atoms with van der Waals surface area (Å²) in [4.78, 5) is 18.9. The summed E-state index contributed by atoms with van der Waals surface area (Å²) in [5.74, 6) is 0.0204. The van der Waals surface area contributed by atoms with Crippen LogP contribution in [0.1, 0.15) is 21.6 Å². The molecular weight excluding hydrogens is 276 g/mol. The van der Waals surface area contributed by atoms with Gasteiger partial charge in [0.15, 0.2) is 0 Å². The number of fused-ring (bicyclic) bond motifs is 1. The van der Waals surface area contributed by atoms with E-state index >= 15 is 0 Å². The lowest BCUT2D eigenvalue weighted by atomic mass is 10.1. The van der Waals surface area contributed by atoms with Gasteiger partial charge < -0.3 is 4.90 Å². The molecule has 1 aromatic carbocycles. The first-order chi connectivity index (χ1) is 10.8. The van der Waals surface area contributed by atoms with E-state index in [4.69, 9.17) is 0 Å². The number of pyridine rings is 1. The Bertz CT molecular complexity index is 801. The molecule has 5 nitrogen and oxygen atoms in total. The average molecular weight is 290 g/mol. The molecule has 0 N–H and O–H groups in total. The van der Waals surface area contributed by atoms with Crippen LogP contribution < -0.4 is 0 Å². The molecule has 0 spiro atoms. The van der Waals surface area contributed by atoms with E-state index in [1.807, 2.05) is 53.6 Å². The number of carbonyl (C=O) groups excluding carboxylic acids is 1. The fourth-order valence-electron chi connectivity index (χ4n) is 2.73. The van der Waals surface area contributed by atoms with E-state index in [1.165, 1.54) is 0 Å². The van der Waals surface area contributed by atoms with E-state index in [1.54, 1.807) is 17.1 Å². The molecule has 2 aromatic heterocycles. The minimum atomic E-state index is 0.0204. The summed E-state index contributed by atoms with van der Waals surface area (Å²) >= 11 is 0. The number of hydrogen-bond acceptors (Lipinski definition) is 3. The van der Waals surface area contributed by atoms with Crippen LogP contribution in [0.3, 0.4) is 0 Å². The highest BCUT2D eigenvalue weighted by molar-refractivity contribution is 5.95. The zero-order valence-corrected chi connectivity index (χ0v) is 11.9. The number of aromatic nitrogens is 3. The minimum Gasteiger partial charge on any atom is -0.328 e. The van der Waals surface area contributed by atoms with Gasteiger partial charge in [-0.2, -0.15) is 5.10 Å². The lowest BCUT2D eigenvalue weighted by molar-refractivity contribution is 0.0750. The quantitative estimate of drug-likeness (QED) is 0.728. The number of rotatable bonds is 2. The van der Waals surface area contributed by atoms with Gasteiger partial charge >= 0.3 is 0 Å². The van der Waals surface area contributed by atoms with Gasteiger partial charge in [0.2, 0.25) is 0 Å². The SMILES string of the molecule is O=C(c1cccc(-n2cccn2)c1)N1Cc2cccnc2C1. The van der Waals surface area contributed by atoms with E-state index in [2.05, 4.69) is 10.1 Å². The van der Waals surface area contributed by atoms with Crippen LogP contribution in [0.5, 0.6) is 0 Å². The van der Waals surface area contributed by atoms with Crippen LogP contribution in [-0.2, 0) is 13.1 Å². The Balaban J connectivity index is 1.61. The van der Waals surface area contributed by atoms with Crippen molar-refractivity contribution in [2.75, 3.05) is 0 Å². The van der Waals surface area contributed by atoms with Gasteiger partial charge in [-0.3, -0.25) is 9.78 Å². The molecule has 1 amide bonds. The van der Waals surface area contributed by atoms with Gasteiger partial charge in [-0.1, -0.05) is 12.1 Å². The van der Waals surface area contributed by atoms with E-state index < -0.39 is 0 Å². The molecule has 0 radical (unpaired) electrons. The smallest absolute Gasteiger partial charge is 0.254 e. The predicted molar refractivity (Wildman–Crippen MR) is 81.4 cm³/mol. The second-order valence-electron chi connectivity index (χ2n) is 5.27. The predicted octanol–water partition coefficient (Wildman–Crippen LogP) is 2.42. The van der Waals surface area contributed by atoms with Crippen LogP contribution in [-0.4, -0.2) is 25.6 Å². The number of nitrogens with zero attached hydrogens (tertiary/aromatic N) is 4. The molecule has 3 aromatic rings. The second-order valence-corrected chi connectivity index (χ2v) is 5.27. The maximum atomic E-state index is 12.7. The fourth-order valence-corrected chi connectivity index (χ4v) is 2.73. The third kappa shape index (κ3) is 2.16. The number of hydrogen-bond donors (Lipinski definition) is 0.